The van der Waals surface area contributed by atoms with Gasteiger partial charge in [-0.1, -0.05) is 18.2 Å². The molecule has 0 aliphatic rings. The first-order valence-corrected chi connectivity index (χ1v) is 6.00. The van der Waals surface area contributed by atoms with E-state index >= 15 is 0 Å². The minimum atomic E-state index is -0.565. The quantitative estimate of drug-likeness (QED) is 0.897. The molecule has 0 fully saturated rings. The highest BCUT2D eigenvalue weighted by Gasteiger charge is 2.09. The van der Waals surface area contributed by atoms with E-state index in [0.717, 1.165) is 17.5 Å². The fourth-order valence-electron chi connectivity index (χ4n) is 1.89. The SMILES string of the molecule is Cc1cc(C(O)CCc2cccnc2)ccc1F. The Morgan fingerprint density at radius 2 is 2.17 bits per heavy atom. The molecule has 18 heavy (non-hydrogen) atoms. The second kappa shape index (κ2) is 5.74. The van der Waals surface area contributed by atoms with Gasteiger partial charge in [0.15, 0.2) is 0 Å². The van der Waals surface area contributed by atoms with E-state index < -0.39 is 6.10 Å². The number of rotatable bonds is 4. The molecular weight excluding hydrogens is 229 g/mol. The summed E-state index contributed by atoms with van der Waals surface area (Å²) in [5, 5.41) is 10.1. The van der Waals surface area contributed by atoms with Crippen LogP contribution in [0.2, 0.25) is 0 Å². The average Bonchev–Trinajstić information content (AvgIpc) is 2.40. The van der Waals surface area contributed by atoms with Crippen molar-refractivity contribution in [2.24, 2.45) is 0 Å². The molecule has 3 heteroatoms. The lowest BCUT2D eigenvalue weighted by atomic mass is 10.0. The predicted octanol–water partition coefficient (Wildman–Crippen LogP) is 3.20. The van der Waals surface area contributed by atoms with Crippen LogP contribution < -0.4 is 0 Å². The Bertz CT molecular complexity index is 513. The van der Waals surface area contributed by atoms with E-state index in [9.17, 15) is 9.50 Å². The molecule has 0 amide bonds. The Morgan fingerprint density at radius 1 is 1.33 bits per heavy atom. The van der Waals surface area contributed by atoms with Crippen LogP contribution in [-0.2, 0) is 6.42 Å². The van der Waals surface area contributed by atoms with Gasteiger partial charge in [0.05, 0.1) is 6.10 Å². The number of aromatic nitrogens is 1. The fraction of sp³-hybridized carbons (Fsp3) is 0.267. The normalized spacial score (nSPS) is 12.4. The van der Waals surface area contributed by atoms with Gasteiger partial charge in [-0.05, 0) is 48.6 Å². The van der Waals surface area contributed by atoms with Crippen LogP contribution in [0.4, 0.5) is 4.39 Å². The van der Waals surface area contributed by atoms with Gasteiger partial charge in [0.25, 0.3) is 0 Å². The predicted molar refractivity (Wildman–Crippen MR) is 68.7 cm³/mol. The topological polar surface area (TPSA) is 33.1 Å². The molecule has 0 aliphatic carbocycles. The van der Waals surface area contributed by atoms with E-state index in [1.807, 2.05) is 12.1 Å². The first-order chi connectivity index (χ1) is 8.66. The lowest BCUT2D eigenvalue weighted by Gasteiger charge is -2.11. The standard InChI is InChI=1S/C15H16FNO/c1-11-9-13(5-6-14(11)16)15(18)7-4-12-3-2-8-17-10-12/h2-3,5-6,8-10,15,18H,4,7H2,1H3. The van der Waals surface area contributed by atoms with E-state index in [0.29, 0.717) is 12.0 Å². The third kappa shape index (κ3) is 3.14. The zero-order chi connectivity index (χ0) is 13.0. The van der Waals surface area contributed by atoms with Gasteiger partial charge in [-0.2, -0.15) is 0 Å². The molecule has 1 heterocycles. The van der Waals surface area contributed by atoms with Crippen LogP contribution in [0.5, 0.6) is 0 Å². The highest BCUT2D eigenvalue weighted by Crippen LogP contribution is 2.21. The van der Waals surface area contributed by atoms with E-state index in [4.69, 9.17) is 0 Å². The molecule has 1 unspecified atom stereocenters. The number of benzene rings is 1. The molecule has 1 aromatic heterocycles. The summed E-state index contributed by atoms with van der Waals surface area (Å²) < 4.78 is 13.1. The number of nitrogens with zero attached hydrogens (tertiary/aromatic N) is 1. The summed E-state index contributed by atoms with van der Waals surface area (Å²) in [4.78, 5) is 4.03. The van der Waals surface area contributed by atoms with Crippen molar-refractivity contribution in [1.29, 1.82) is 0 Å². The maximum atomic E-state index is 13.1. The van der Waals surface area contributed by atoms with Crippen LogP contribution in [0.25, 0.3) is 0 Å². The number of pyridine rings is 1. The molecule has 0 radical (unpaired) electrons. The first-order valence-electron chi connectivity index (χ1n) is 6.00. The van der Waals surface area contributed by atoms with Crippen molar-refractivity contribution < 1.29 is 9.50 Å². The molecular formula is C15H16FNO. The minimum absolute atomic E-state index is 0.238. The van der Waals surface area contributed by atoms with Gasteiger partial charge in [-0.3, -0.25) is 4.98 Å². The van der Waals surface area contributed by atoms with Crippen molar-refractivity contribution in [1.82, 2.24) is 4.98 Å². The van der Waals surface area contributed by atoms with Gasteiger partial charge in [0.1, 0.15) is 5.82 Å². The maximum absolute atomic E-state index is 13.1. The zero-order valence-corrected chi connectivity index (χ0v) is 10.3. The van der Waals surface area contributed by atoms with Crippen LogP contribution in [0.15, 0.2) is 42.7 Å². The number of aliphatic hydroxyl groups is 1. The monoisotopic (exact) mass is 245 g/mol. The number of aliphatic hydroxyl groups excluding tert-OH is 1. The number of aryl methyl sites for hydroxylation is 2. The van der Waals surface area contributed by atoms with Crippen molar-refractivity contribution >= 4 is 0 Å². The number of hydrogen-bond acceptors (Lipinski definition) is 2. The third-order valence-corrected chi connectivity index (χ3v) is 3.00. The summed E-state index contributed by atoms with van der Waals surface area (Å²) in [5.74, 6) is -0.238. The molecule has 1 aromatic carbocycles. The van der Waals surface area contributed by atoms with Crippen molar-refractivity contribution in [2.75, 3.05) is 0 Å². The highest BCUT2D eigenvalue weighted by atomic mass is 19.1. The molecule has 0 spiro atoms. The molecule has 2 rings (SSSR count). The van der Waals surface area contributed by atoms with Crippen molar-refractivity contribution in [3.05, 3.63) is 65.2 Å². The summed E-state index contributed by atoms with van der Waals surface area (Å²) in [6.07, 6.45) is 4.32. The Morgan fingerprint density at radius 3 is 2.83 bits per heavy atom. The van der Waals surface area contributed by atoms with Crippen molar-refractivity contribution in [2.45, 2.75) is 25.9 Å². The van der Waals surface area contributed by atoms with Crippen LogP contribution in [0.3, 0.4) is 0 Å². The lowest BCUT2D eigenvalue weighted by Crippen LogP contribution is -2.01. The Labute approximate surface area is 106 Å². The summed E-state index contributed by atoms with van der Waals surface area (Å²) in [7, 11) is 0. The van der Waals surface area contributed by atoms with Crippen LogP contribution in [-0.4, -0.2) is 10.1 Å². The number of halogens is 1. The lowest BCUT2D eigenvalue weighted by molar-refractivity contribution is 0.167. The molecule has 0 saturated heterocycles. The van der Waals surface area contributed by atoms with Gasteiger partial charge < -0.3 is 5.11 Å². The Balaban J connectivity index is 1.99. The van der Waals surface area contributed by atoms with E-state index in [1.165, 1.54) is 6.07 Å². The highest BCUT2D eigenvalue weighted by molar-refractivity contribution is 5.25. The second-order valence-corrected chi connectivity index (χ2v) is 4.42. The first kappa shape index (κ1) is 12.7. The van der Waals surface area contributed by atoms with Gasteiger partial charge in [0.2, 0.25) is 0 Å². The largest absolute Gasteiger partial charge is 0.388 e. The minimum Gasteiger partial charge on any atom is -0.388 e. The molecule has 1 atom stereocenters. The summed E-state index contributed by atoms with van der Waals surface area (Å²) in [5.41, 5.74) is 2.42. The van der Waals surface area contributed by atoms with Gasteiger partial charge in [-0.25, -0.2) is 4.39 Å². The Hall–Kier alpha value is -1.74. The average molecular weight is 245 g/mol. The summed E-state index contributed by atoms with van der Waals surface area (Å²) in [6, 6.07) is 8.59. The van der Waals surface area contributed by atoms with Crippen LogP contribution in [0.1, 0.15) is 29.2 Å². The molecule has 0 saturated carbocycles. The van der Waals surface area contributed by atoms with Gasteiger partial charge in [-0.15, -0.1) is 0 Å². The molecule has 94 valence electrons. The van der Waals surface area contributed by atoms with Gasteiger partial charge >= 0.3 is 0 Å². The molecule has 0 bridgehead atoms. The molecule has 2 aromatic rings. The Kier molecular flexibility index (Phi) is 4.05. The fourth-order valence-corrected chi connectivity index (χ4v) is 1.89. The zero-order valence-electron chi connectivity index (χ0n) is 10.3. The van der Waals surface area contributed by atoms with E-state index in [1.54, 1.807) is 31.5 Å². The van der Waals surface area contributed by atoms with Gasteiger partial charge in [0, 0.05) is 12.4 Å². The summed E-state index contributed by atoms with van der Waals surface area (Å²) >= 11 is 0. The van der Waals surface area contributed by atoms with E-state index in [2.05, 4.69) is 4.98 Å². The molecule has 1 N–H and O–H groups in total. The van der Waals surface area contributed by atoms with Crippen LogP contribution in [0, 0.1) is 12.7 Å². The smallest absolute Gasteiger partial charge is 0.126 e. The third-order valence-electron chi connectivity index (χ3n) is 3.00. The van der Waals surface area contributed by atoms with Crippen molar-refractivity contribution in [3.63, 3.8) is 0 Å². The maximum Gasteiger partial charge on any atom is 0.126 e. The van der Waals surface area contributed by atoms with E-state index in [-0.39, 0.29) is 5.82 Å². The second-order valence-electron chi connectivity index (χ2n) is 4.42. The van der Waals surface area contributed by atoms with Crippen molar-refractivity contribution in [3.8, 4) is 0 Å². The summed E-state index contributed by atoms with van der Waals surface area (Å²) in [6.45, 7) is 1.70. The number of hydrogen-bond donors (Lipinski definition) is 1. The van der Waals surface area contributed by atoms with Crippen LogP contribution >= 0.6 is 0 Å². The molecule has 2 nitrogen and oxygen atoms in total. The molecule has 0 aliphatic heterocycles.